The zero-order valence-corrected chi connectivity index (χ0v) is 17.8. The smallest absolute Gasteiger partial charge is 0.253 e. The molecule has 0 spiro atoms. The summed E-state index contributed by atoms with van der Waals surface area (Å²) in [5, 5.41) is 4.05. The Hall–Kier alpha value is -2.52. The number of hydrogen-bond acceptors (Lipinski definition) is 5. The van der Waals surface area contributed by atoms with Crippen LogP contribution in [0.1, 0.15) is 46.5 Å². The number of hydrogen-bond donors (Lipinski definition) is 0. The molecule has 4 rings (SSSR count). The van der Waals surface area contributed by atoms with Crippen LogP contribution in [-0.4, -0.2) is 65.3 Å². The average Bonchev–Trinajstić information content (AvgIpc) is 3.45. The molecule has 0 N–H and O–H groups in total. The van der Waals surface area contributed by atoms with Crippen molar-refractivity contribution in [2.75, 3.05) is 26.2 Å². The molecule has 160 valence electrons. The molecule has 0 radical (unpaired) electrons. The summed E-state index contributed by atoms with van der Waals surface area (Å²) in [6, 6.07) is 7.91. The molecule has 2 aliphatic rings. The predicted octanol–water partition coefficient (Wildman–Crippen LogP) is 1.94. The van der Waals surface area contributed by atoms with Gasteiger partial charge in [0.1, 0.15) is 5.69 Å². The topological polar surface area (TPSA) is 92.6 Å². The minimum absolute atomic E-state index is 0.0681. The van der Waals surface area contributed by atoms with Gasteiger partial charge in [0.15, 0.2) is 5.78 Å². The van der Waals surface area contributed by atoms with Gasteiger partial charge in [0, 0.05) is 50.9 Å². The number of aryl methyl sites for hydroxylation is 1. The number of Topliss-reactive ketones (excluding diaryl/α,β-unsaturated/α-hetero) is 1. The highest BCUT2D eigenvalue weighted by molar-refractivity contribution is 7.89. The summed E-state index contributed by atoms with van der Waals surface area (Å²) in [4.78, 5) is 27.4. The van der Waals surface area contributed by atoms with Crippen LogP contribution >= 0.6 is 0 Å². The van der Waals surface area contributed by atoms with E-state index in [-0.39, 0.29) is 22.5 Å². The first kappa shape index (κ1) is 20.7. The first-order chi connectivity index (χ1) is 14.4. The second-order valence-corrected chi connectivity index (χ2v) is 9.84. The van der Waals surface area contributed by atoms with Gasteiger partial charge in [-0.25, -0.2) is 8.42 Å². The van der Waals surface area contributed by atoms with E-state index in [4.69, 9.17) is 0 Å². The third kappa shape index (κ3) is 3.91. The van der Waals surface area contributed by atoms with Crippen molar-refractivity contribution in [3.05, 3.63) is 47.8 Å². The minimum atomic E-state index is -3.48. The van der Waals surface area contributed by atoms with E-state index in [1.807, 2.05) is 0 Å². The molecule has 1 amide bonds. The summed E-state index contributed by atoms with van der Waals surface area (Å²) < 4.78 is 28.3. The van der Waals surface area contributed by atoms with Gasteiger partial charge in [0.05, 0.1) is 4.90 Å². The fourth-order valence-electron chi connectivity index (χ4n) is 4.20. The van der Waals surface area contributed by atoms with Gasteiger partial charge in [-0.15, -0.1) is 0 Å². The maximum atomic E-state index is 12.8. The molecule has 1 aromatic heterocycles. The second kappa shape index (κ2) is 8.31. The van der Waals surface area contributed by atoms with Gasteiger partial charge < -0.3 is 4.90 Å². The number of carbonyl (C=O) groups excluding carboxylic acids is 2. The summed E-state index contributed by atoms with van der Waals surface area (Å²) in [7, 11) is -1.73. The first-order valence-corrected chi connectivity index (χ1v) is 11.7. The lowest BCUT2D eigenvalue weighted by Crippen LogP contribution is -2.40. The van der Waals surface area contributed by atoms with Gasteiger partial charge in [0.2, 0.25) is 10.0 Å². The van der Waals surface area contributed by atoms with Crippen molar-refractivity contribution in [2.45, 2.75) is 30.6 Å². The number of amides is 1. The number of rotatable bonds is 5. The lowest BCUT2D eigenvalue weighted by molar-refractivity contribution is 0.0647. The lowest BCUT2D eigenvalue weighted by atomic mass is 9.90. The Morgan fingerprint density at radius 3 is 2.17 bits per heavy atom. The largest absolute Gasteiger partial charge is 0.339 e. The van der Waals surface area contributed by atoms with E-state index >= 15 is 0 Å². The van der Waals surface area contributed by atoms with Crippen LogP contribution in [0.25, 0.3) is 0 Å². The molecular weight excluding hydrogens is 404 g/mol. The van der Waals surface area contributed by atoms with Crippen LogP contribution in [0.5, 0.6) is 0 Å². The van der Waals surface area contributed by atoms with E-state index in [0.29, 0.717) is 50.3 Å². The quantitative estimate of drug-likeness (QED) is 0.676. The molecule has 0 saturated carbocycles. The minimum Gasteiger partial charge on any atom is -0.339 e. The summed E-state index contributed by atoms with van der Waals surface area (Å²) in [6.45, 7) is 2.10. The number of sulfonamides is 1. The van der Waals surface area contributed by atoms with E-state index in [1.165, 1.54) is 16.4 Å². The molecule has 2 aromatic rings. The summed E-state index contributed by atoms with van der Waals surface area (Å²) in [5.41, 5.74) is 1.06. The molecule has 2 saturated heterocycles. The van der Waals surface area contributed by atoms with Crippen LogP contribution < -0.4 is 0 Å². The van der Waals surface area contributed by atoms with Gasteiger partial charge in [0.25, 0.3) is 5.91 Å². The Labute approximate surface area is 176 Å². The van der Waals surface area contributed by atoms with Crippen molar-refractivity contribution >= 4 is 21.7 Å². The van der Waals surface area contributed by atoms with Crippen molar-refractivity contribution in [2.24, 2.45) is 13.0 Å². The second-order valence-electron chi connectivity index (χ2n) is 7.91. The van der Waals surface area contributed by atoms with Crippen molar-refractivity contribution in [3.8, 4) is 0 Å². The number of aromatic nitrogens is 2. The maximum absolute atomic E-state index is 12.8. The highest BCUT2D eigenvalue weighted by Crippen LogP contribution is 2.24. The Morgan fingerprint density at radius 2 is 1.60 bits per heavy atom. The van der Waals surface area contributed by atoms with E-state index in [0.717, 1.165) is 12.8 Å². The summed E-state index contributed by atoms with van der Waals surface area (Å²) in [6.07, 6.45) is 4.59. The zero-order valence-electron chi connectivity index (χ0n) is 17.0. The maximum Gasteiger partial charge on any atom is 0.253 e. The SMILES string of the molecule is Cn1nccc1C(=O)C1CCN(C(=O)c2ccc(S(=O)(=O)N3CCCC3)cc2)CC1. The Balaban J connectivity index is 1.38. The third-order valence-electron chi connectivity index (χ3n) is 6.03. The predicted molar refractivity (Wildman–Crippen MR) is 111 cm³/mol. The molecule has 2 fully saturated rings. The Morgan fingerprint density at radius 1 is 0.967 bits per heavy atom. The molecule has 1 aromatic carbocycles. The molecule has 0 aliphatic carbocycles. The monoisotopic (exact) mass is 430 g/mol. The third-order valence-corrected chi connectivity index (χ3v) is 7.94. The zero-order chi connectivity index (χ0) is 21.3. The Kier molecular flexibility index (Phi) is 5.75. The van der Waals surface area contributed by atoms with Gasteiger partial charge >= 0.3 is 0 Å². The van der Waals surface area contributed by atoms with Gasteiger partial charge in [-0.2, -0.15) is 9.40 Å². The van der Waals surface area contributed by atoms with Crippen LogP contribution in [0, 0.1) is 5.92 Å². The number of ketones is 1. The molecule has 3 heterocycles. The molecule has 8 nitrogen and oxygen atoms in total. The first-order valence-electron chi connectivity index (χ1n) is 10.3. The Bertz CT molecular complexity index is 1030. The van der Waals surface area contributed by atoms with Crippen LogP contribution in [0.3, 0.4) is 0 Å². The molecule has 9 heteroatoms. The fourth-order valence-corrected chi connectivity index (χ4v) is 5.72. The highest BCUT2D eigenvalue weighted by atomic mass is 32.2. The van der Waals surface area contributed by atoms with E-state index < -0.39 is 10.0 Å². The normalized spacial score (nSPS) is 18.6. The number of likely N-dealkylation sites (tertiary alicyclic amines) is 1. The molecular formula is C21H26N4O4S. The standard InChI is InChI=1S/C21H26N4O4S/c1-23-19(8-11-22-23)20(26)16-9-14-24(15-10-16)21(27)17-4-6-18(7-5-17)30(28,29)25-12-2-3-13-25/h4-8,11,16H,2-3,9-10,12-15H2,1H3. The van der Waals surface area contributed by atoms with Gasteiger partial charge in [-0.3, -0.25) is 14.3 Å². The number of piperidine rings is 1. The van der Waals surface area contributed by atoms with Crippen molar-refractivity contribution in [3.63, 3.8) is 0 Å². The van der Waals surface area contributed by atoms with Crippen molar-refractivity contribution in [1.29, 1.82) is 0 Å². The highest BCUT2D eigenvalue weighted by Gasteiger charge is 2.30. The number of carbonyl (C=O) groups is 2. The van der Waals surface area contributed by atoms with E-state index in [2.05, 4.69) is 5.10 Å². The lowest BCUT2D eigenvalue weighted by Gasteiger charge is -2.31. The van der Waals surface area contributed by atoms with Gasteiger partial charge in [-0.1, -0.05) is 0 Å². The summed E-state index contributed by atoms with van der Waals surface area (Å²) in [5.74, 6) is -0.178. The number of benzene rings is 1. The average molecular weight is 431 g/mol. The van der Waals surface area contributed by atoms with Crippen LogP contribution in [-0.2, 0) is 17.1 Å². The molecule has 0 unspecified atom stereocenters. The van der Waals surface area contributed by atoms with Gasteiger partial charge in [-0.05, 0) is 56.0 Å². The van der Waals surface area contributed by atoms with E-state index in [1.54, 1.807) is 41.0 Å². The molecule has 30 heavy (non-hydrogen) atoms. The molecule has 2 aliphatic heterocycles. The van der Waals surface area contributed by atoms with Crippen molar-refractivity contribution in [1.82, 2.24) is 19.0 Å². The van der Waals surface area contributed by atoms with Crippen molar-refractivity contribution < 1.29 is 18.0 Å². The van der Waals surface area contributed by atoms with Crippen LogP contribution in [0.2, 0.25) is 0 Å². The van der Waals surface area contributed by atoms with E-state index in [9.17, 15) is 18.0 Å². The van der Waals surface area contributed by atoms with Crippen LogP contribution in [0.4, 0.5) is 0 Å². The number of nitrogens with zero attached hydrogens (tertiary/aromatic N) is 4. The summed E-state index contributed by atoms with van der Waals surface area (Å²) >= 11 is 0. The fraction of sp³-hybridized carbons (Fsp3) is 0.476. The van der Waals surface area contributed by atoms with Crippen LogP contribution in [0.15, 0.2) is 41.4 Å². The molecule has 0 atom stereocenters. The molecule has 0 bridgehead atoms.